The van der Waals surface area contributed by atoms with Crippen molar-refractivity contribution in [3.8, 4) is 5.75 Å². The summed E-state index contributed by atoms with van der Waals surface area (Å²) in [4.78, 5) is 11.7. The van der Waals surface area contributed by atoms with E-state index >= 15 is 0 Å². The second-order valence-electron chi connectivity index (χ2n) is 3.15. The Morgan fingerprint density at radius 2 is 2.06 bits per heavy atom. The number of rotatable bonds is 5. The van der Waals surface area contributed by atoms with Gasteiger partial charge in [-0.3, -0.25) is 4.79 Å². The van der Waals surface area contributed by atoms with Gasteiger partial charge in [-0.05, 0) is 12.1 Å². The van der Waals surface area contributed by atoms with E-state index in [-0.39, 0.29) is 24.9 Å². The smallest absolute Gasteiger partial charge is 0.254 e. The van der Waals surface area contributed by atoms with E-state index in [9.17, 15) is 4.79 Å². The van der Waals surface area contributed by atoms with Crippen LogP contribution in [-0.4, -0.2) is 32.8 Å². The Hall–Kier alpha value is -1.30. The zero-order chi connectivity index (χ0) is 12.0. The summed E-state index contributed by atoms with van der Waals surface area (Å²) in [6.45, 7) is 0.136. The fraction of sp³-hybridized carbons (Fsp3) is 0.364. The molecule has 0 bridgehead atoms. The van der Waals surface area contributed by atoms with Crippen molar-refractivity contribution in [2.45, 2.75) is 6.10 Å². The van der Waals surface area contributed by atoms with E-state index < -0.39 is 6.10 Å². The van der Waals surface area contributed by atoms with Gasteiger partial charge < -0.3 is 20.5 Å². The van der Waals surface area contributed by atoms with Gasteiger partial charge in [-0.25, -0.2) is 0 Å². The largest absolute Gasteiger partial charge is 0.495 e. The minimum Gasteiger partial charge on any atom is -0.495 e. The van der Waals surface area contributed by atoms with Crippen LogP contribution in [0.25, 0.3) is 0 Å². The molecule has 0 spiro atoms. The third kappa shape index (κ3) is 4.22. The van der Waals surface area contributed by atoms with E-state index in [0.717, 1.165) is 0 Å². The van der Waals surface area contributed by atoms with Crippen LogP contribution in [0.15, 0.2) is 24.3 Å². The summed E-state index contributed by atoms with van der Waals surface area (Å²) in [5.41, 5.74) is 5.99. The molecule has 1 aromatic rings. The first-order valence-corrected chi connectivity index (χ1v) is 4.89. The fourth-order valence-corrected chi connectivity index (χ4v) is 1.27. The number of ether oxygens (including phenoxy) is 2. The first-order chi connectivity index (χ1) is 7.72. The zero-order valence-electron chi connectivity index (χ0n) is 9.80. The number of carbonyl (C=O) groups excluding carboxylic acids is 1. The Morgan fingerprint density at radius 3 is 2.59 bits per heavy atom. The molecule has 6 heteroatoms. The second-order valence-corrected chi connectivity index (χ2v) is 3.15. The molecule has 0 saturated carbocycles. The Kier molecular flexibility index (Phi) is 7.29. The average molecular weight is 261 g/mol. The Balaban J connectivity index is 0.00000256. The number of nitrogens with one attached hydrogen (secondary N) is 1. The Labute approximate surface area is 107 Å². The summed E-state index contributed by atoms with van der Waals surface area (Å²) in [6, 6.07) is 7.15. The molecule has 0 aliphatic rings. The van der Waals surface area contributed by atoms with Gasteiger partial charge in [0.05, 0.1) is 12.8 Å². The molecule has 0 heterocycles. The first-order valence-electron chi connectivity index (χ1n) is 4.89. The van der Waals surface area contributed by atoms with Crippen molar-refractivity contribution in [3.05, 3.63) is 24.3 Å². The highest BCUT2D eigenvalue weighted by atomic mass is 35.5. The first kappa shape index (κ1) is 15.7. The predicted octanol–water partition coefficient (Wildman–Crippen LogP) is 1.03. The molecule has 0 aliphatic carbocycles. The quantitative estimate of drug-likeness (QED) is 0.829. The minimum atomic E-state index is -0.648. The SMILES string of the molecule is COc1ccccc1NC(=O)C(CN)OC.Cl. The van der Waals surface area contributed by atoms with Gasteiger partial charge in [0, 0.05) is 13.7 Å². The number of hydrogen-bond acceptors (Lipinski definition) is 4. The number of nitrogens with two attached hydrogens (primary N) is 1. The summed E-state index contributed by atoms with van der Waals surface area (Å²) < 4.78 is 10.0. The topological polar surface area (TPSA) is 73.6 Å². The van der Waals surface area contributed by atoms with Crippen molar-refractivity contribution < 1.29 is 14.3 Å². The molecule has 5 nitrogen and oxygen atoms in total. The van der Waals surface area contributed by atoms with Crippen molar-refractivity contribution in [1.29, 1.82) is 0 Å². The highest BCUT2D eigenvalue weighted by Gasteiger charge is 2.16. The molecular weight excluding hydrogens is 244 g/mol. The van der Waals surface area contributed by atoms with Gasteiger partial charge in [0.2, 0.25) is 0 Å². The van der Waals surface area contributed by atoms with Crippen LogP contribution < -0.4 is 15.8 Å². The van der Waals surface area contributed by atoms with Crippen molar-refractivity contribution >= 4 is 24.0 Å². The normalized spacial score (nSPS) is 11.2. The monoisotopic (exact) mass is 260 g/mol. The van der Waals surface area contributed by atoms with E-state index in [0.29, 0.717) is 11.4 Å². The molecule has 0 aliphatic heterocycles. The summed E-state index contributed by atoms with van der Waals surface area (Å²) in [7, 11) is 2.99. The highest BCUT2D eigenvalue weighted by Crippen LogP contribution is 2.23. The molecule has 96 valence electrons. The van der Waals surface area contributed by atoms with Crippen LogP contribution in [0, 0.1) is 0 Å². The third-order valence-electron chi connectivity index (χ3n) is 2.16. The molecular formula is C11H17ClN2O3. The fourth-order valence-electron chi connectivity index (χ4n) is 1.27. The number of benzene rings is 1. The molecule has 1 unspecified atom stereocenters. The van der Waals surface area contributed by atoms with Crippen molar-refractivity contribution in [3.63, 3.8) is 0 Å². The molecule has 1 aromatic carbocycles. The second kappa shape index (κ2) is 7.89. The lowest BCUT2D eigenvalue weighted by Gasteiger charge is -2.14. The van der Waals surface area contributed by atoms with Crippen molar-refractivity contribution in [1.82, 2.24) is 0 Å². The van der Waals surface area contributed by atoms with E-state index in [2.05, 4.69) is 5.32 Å². The van der Waals surface area contributed by atoms with Crippen LogP contribution in [0.4, 0.5) is 5.69 Å². The Morgan fingerprint density at radius 1 is 1.41 bits per heavy atom. The standard InChI is InChI=1S/C11H16N2O3.ClH/c1-15-9-6-4-3-5-8(9)13-11(14)10(7-12)16-2;/h3-6,10H,7,12H2,1-2H3,(H,13,14);1H. The predicted molar refractivity (Wildman–Crippen MR) is 68.7 cm³/mol. The summed E-state index contributed by atoms with van der Waals surface area (Å²) in [6.07, 6.45) is -0.648. The van der Waals surface area contributed by atoms with Gasteiger partial charge in [-0.15, -0.1) is 12.4 Å². The molecule has 17 heavy (non-hydrogen) atoms. The number of halogens is 1. The van der Waals surface area contributed by atoms with Gasteiger partial charge >= 0.3 is 0 Å². The molecule has 0 radical (unpaired) electrons. The third-order valence-corrected chi connectivity index (χ3v) is 2.16. The van der Waals surface area contributed by atoms with E-state index in [1.54, 1.807) is 19.2 Å². The number of para-hydroxylation sites is 2. The lowest BCUT2D eigenvalue weighted by atomic mass is 10.2. The molecule has 3 N–H and O–H groups in total. The van der Waals surface area contributed by atoms with Gasteiger partial charge in [0.1, 0.15) is 11.9 Å². The van der Waals surface area contributed by atoms with Gasteiger partial charge in [0.25, 0.3) is 5.91 Å². The maximum Gasteiger partial charge on any atom is 0.254 e. The van der Waals surface area contributed by atoms with Crippen LogP contribution in [0.2, 0.25) is 0 Å². The van der Waals surface area contributed by atoms with E-state index in [1.807, 2.05) is 12.1 Å². The van der Waals surface area contributed by atoms with E-state index in [4.69, 9.17) is 15.2 Å². The van der Waals surface area contributed by atoms with Crippen molar-refractivity contribution in [2.75, 3.05) is 26.1 Å². The Bertz CT molecular complexity index is 356. The number of anilines is 1. The average Bonchev–Trinajstić information content (AvgIpc) is 2.31. The van der Waals surface area contributed by atoms with Crippen molar-refractivity contribution in [2.24, 2.45) is 5.73 Å². The summed E-state index contributed by atoms with van der Waals surface area (Å²) >= 11 is 0. The summed E-state index contributed by atoms with van der Waals surface area (Å²) in [5.74, 6) is 0.317. The van der Waals surface area contributed by atoms with Gasteiger partial charge in [-0.2, -0.15) is 0 Å². The van der Waals surface area contributed by atoms with Crippen LogP contribution >= 0.6 is 12.4 Å². The summed E-state index contributed by atoms with van der Waals surface area (Å²) in [5, 5.41) is 2.69. The number of methoxy groups -OCH3 is 2. The molecule has 0 fully saturated rings. The van der Waals surface area contributed by atoms with Gasteiger partial charge in [-0.1, -0.05) is 12.1 Å². The maximum atomic E-state index is 11.7. The number of amides is 1. The van der Waals surface area contributed by atoms with Crippen LogP contribution in [0.5, 0.6) is 5.75 Å². The molecule has 1 atom stereocenters. The van der Waals surface area contributed by atoms with Crippen LogP contribution in [0.3, 0.4) is 0 Å². The van der Waals surface area contributed by atoms with Crippen LogP contribution in [-0.2, 0) is 9.53 Å². The minimum absolute atomic E-state index is 0. The number of carbonyl (C=O) groups is 1. The lowest BCUT2D eigenvalue weighted by Crippen LogP contribution is -2.35. The van der Waals surface area contributed by atoms with Gasteiger partial charge in [0.15, 0.2) is 0 Å². The molecule has 1 amide bonds. The number of hydrogen-bond donors (Lipinski definition) is 2. The molecule has 0 saturated heterocycles. The van der Waals surface area contributed by atoms with Crippen LogP contribution in [0.1, 0.15) is 0 Å². The molecule has 1 rings (SSSR count). The zero-order valence-corrected chi connectivity index (χ0v) is 10.6. The molecule has 0 aromatic heterocycles. The van der Waals surface area contributed by atoms with E-state index in [1.165, 1.54) is 7.11 Å². The maximum absolute atomic E-state index is 11.7. The highest BCUT2D eigenvalue weighted by molar-refractivity contribution is 5.95. The lowest BCUT2D eigenvalue weighted by molar-refractivity contribution is -0.125.